The summed E-state index contributed by atoms with van der Waals surface area (Å²) >= 11 is 0. The number of unbranched alkanes of at least 4 members (excludes halogenated alkanes) is 1. The molecule has 1 N–H and O–H groups in total. The van der Waals surface area contributed by atoms with E-state index in [9.17, 15) is 9.59 Å². The highest BCUT2D eigenvalue weighted by molar-refractivity contribution is 6.03. The number of nitrogens with one attached hydrogen (secondary N) is 1. The quantitative estimate of drug-likeness (QED) is 0.253. The lowest BCUT2D eigenvalue weighted by atomic mass is 9.90. The predicted octanol–water partition coefficient (Wildman–Crippen LogP) is 7.05. The van der Waals surface area contributed by atoms with Crippen molar-refractivity contribution in [3.05, 3.63) is 121 Å². The van der Waals surface area contributed by atoms with Crippen molar-refractivity contribution in [3.8, 4) is 5.69 Å². The zero-order chi connectivity index (χ0) is 29.5. The summed E-state index contributed by atoms with van der Waals surface area (Å²) in [6, 6.07) is 14.4. The third-order valence-corrected chi connectivity index (χ3v) is 7.44. The van der Waals surface area contributed by atoms with Gasteiger partial charge < -0.3 is 0 Å². The molecule has 5 rings (SSSR count). The number of benzene rings is 2. The summed E-state index contributed by atoms with van der Waals surface area (Å²) in [6.45, 7) is 12.2. The highest BCUT2D eigenvalue weighted by atomic mass is 16.5. The molecule has 0 atom stereocenters. The Morgan fingerprint density at radius 1 is 0.927 bits per heavy atom. The zero-order valence-corrected chi connectivity index (χ0v) is 25.0. The second-order valence-corrected chi connectivity index (χ2v) is 10.2. The van der Waals surface area contributed by atoms with Crippen LogP contribution in [0.5, 0.6) is 0 Å². The second kappa shape index (κ2) is 13.4. The van der Waals surface area contributed by atoms with Crippen LogP contribution < -0.4 is 11.3 Å². The zero-order valence-electron chi connectivity index (χ0n) is 25.0. The van der Waals surface area contributed by atoms with Crippen LogP contribution in [0.15, 0.2) is 68.7 Å². The molecule has 0 fully saturated rings. The average molecular weight is 553 g/mol. The van der Waals surface area contributed by atoms with Crippen LogP contribution in [-0.4, -0.2) is 19.7 Å². The molecule has 7 nitrogen and oxygen atoms in total. The fraction of sp³-hybridized carbons (Fsp3) is 0.353. The molecular weight excluding hydrogens is 512 g/mol. The van der Waals surface area contributed by atoms with Gasteiger partial charge in [-0.25, -0.2) is 9.78 Å². The molecule has 0 aliphatic heterocycles. The van der Waals surface area contributed by atoms with Gasteiger partial charge in [0, 0.05) is 17.6 Å². The average Bonchev–Trinajstić information content (AvgIpc) is 3.43. The van der Waals surface area contributed by atoms with E-state index in [0.29, 0.717) is 18.1 Å². The van der Waals surface area contributed by atoms with Gasteiger partial charge in [0.05, 0.1) is 11.4 Å². The number of hydrogen-bond acceptors (Lipinski definition) is 5. The van der Waals surface area contributed by atoms with Crippen LogP contribution in [0.25, 0.3) is 16.8 Å². The lowest BCUT2D eigenvalue weighted by Gasteiger charge is -2.17. The Morgan fingerprint density at radius 2 is 1.63 bits per heavy atom. The van der Waals surface area contributed by atoms with Gasteiger partial charge in [0.25, 0.3) is 5.56 Å². The molecular formula is C34H40N4O3. The van der Waals surface area contributed by atoms with Crippen molar-refractivity contribution in [2.75, 3.05) is 0 Å². The maximum atomic E-state index is 14.0. The normalized spacial score (nSPS) is 12.8. The molecule has 0 bridgehead atoms. The van der Waals surface area contributed by atoms with Crippen LogP contribution in [0.2, 0.25) is 0 Å². The van der Waals surface area contributed by atoms with E-state index in [-0.39, 0.29) is 5.56 Å². The van der Waals surface area contributed by atoms with Gasteiger partial charge in [0.2, 0.25) is 0 Å². The molecule has 0 saturated heterocycles. The minimum atomic E-state index is -0.566. The SMILES string of the molecule is CC.CCCCc1nc(C)n(-c2ccc(C)c(C)c2)c(=O)c1Cc1ccc(C2=CCCC=C2c2noc(=O)[nH]2)cc1. The van der Waals surface area contributed by atoms with Crippen LogP contribution in [0.4, 0.5) is 0 Å². The fourth-order valence-corrected chi connectivity index (χ4v) is 5.14. The number of aromatic amines is 1. The Hall–Kier alpha value is -4.26. The summed E-state index contributed by atoms with van der Waals surface area (Å²) in [5.41, 5.74) is 8.76. The maximum absolute atomic E-state index is 14.0. The van der Waals surface area contributed by atoms with Crippen molar-refractivity contribution in [1.82, 2.24) is 19.7 Å². The van der Waals surface area contributed by atoms with Crippen molar-refractivity contribution in [2.45, 2.75) is 80.1 Å². The molecule has 0 amide bonds. The van der Waals surface area contributed by atoms with Crippen LogP contribution in [0, 0.1) is 20.8 Å². The number of H-pyrrole nitrogens is 1. The number of allylic oxidation sites excluding steroid dienone is 4. The molecule has 0 unspecified atom stereocenters. The van der Waals surface area contributed by atoms with Gasteiger partial charge in [-0.3, -0.25) is 18.9 Å². The van der Waals surface area contributed by atoms with E-state index in [4.69, 9.17) is 9.51 Å². The van der Waals surface area contributed by atoms with Crippen molar-refractivity contribution in [1.29, 1.82) is 0 Å². The van der Waals surface area contributed by atoms with E-state index in [1.807, 2.05) is 26.8 Å². The molecule has 2 heterocycles. The van der Waals surface area contributed by atoms with E-state index < -0.39 is 5.76 Å². The minimum Gasteiger partial charge on any atom is -0.296 e. The third kappa shape index (κ3) is 6.56. The van der Waals surface area contributed by atoms with Gasteiger partial charge in [-0.05, 0) is 86.4 Å². The molecule has 41 heavy (non-hydrogen) atoms. The molecule has 2 aromatic carbocycles. The Balaban J connectivity index is 0.00000189. The summed E-state index contributed by atoms with van der Waals surface area (Å²) in [5, 5.41) is 3.89. The first-order valence-electron chi connectivity index (χ1n) is 14.6. The van der Waals surface area contributed by atoms with Crippen LogP contribution in [0.3, 0.4) is 0 Å². The van der Waals surface area contributed by atoms with Crippen molar-refractivity contribution >= 4 is 11.1 Å². The number of hydrogen-bond donors (Lipinski definition) is 1. The number of rotatable bonds is 8. The smallest absolute Gasteiger partial charge is 0.296 e. The second-order valence-electron chi connectivity index (χ2n) is 10.2. The Kier molecular flexibility index (Phi) is 9.71. The van der Waals surface area contributed by atoms with Gasteiger partial charge in [-0.2, -0.15) is 0 Å². The standard InChI is InChI=1S/C32H34N4O3.C2H6/c1-5-6-11-29-28(31(37)36(22(4)33-29)25-17-12-20(2)21(3)18-25)19-23-13-15-24(16-14-23)26-9-7-8-10-27(26)30-34-32(38)39-35-30;1-2/h9-10,12-18H,5-8,11,19H2,1-4H3,(H,34,35,38);1-2H3. The Labute approximate surface area is 241 Å². The van der Waals surface area contributed by atoms with Crippen molar-refractivity contribution in [2.24, 2.45) is 0 Å². The maximum Gasteiger partial charge on any atom is 0.439 e. The van der Waals surface area contributed by atoms with Gasteiger partial charge in [0.1, 0.15) is 5.82 Å². The highest BCUT2D eigenvalue weighted by Crippen LogP contribution is 2.33. The van der Waals surface area contributed by atoms with E-state index in [2.05, 4.69) is 79.5 Å². The first-order chi connectivity index (χ1) is 19.9. The predicted molar refractivity (Wildman–Crippen MR) is 166 cm³/mol. The van der Waals surface area contributed by atoms with Gasteiger partial charge >= 0.3 is 5.76 Å². The minimum absolute atomic E-state index is 0.00359. The fourth-order valence-electron chi connectivity index (χ4n) is 5.14. The number of aryl methyl sites for hydroxylation is 4. The first-order valence-corrected chi connectivity index (χ1v) is 14.6. The van der Waals surface area contributed by atoms with E-state index in [0.717, 1.165) is 76.9 Å². The van der Waals surface area contributed by atoms with Gasteiger partial charge in [-0.15, -0.1) is 0 Å². The van der Waals surface area contributed by atoms with Gasteiger partial charge in [0.15, 0.2) is 5.82 Å². The summed E-state index contributed by atoms with van der Waals surface area (Å²) in [4.78, 5) is 33.1. The van der Waals surface area contributed by atoms with E-state index >= 15 is 0 Å². The number of aromatic nitrogens is 4. The van der Waals surface area contributed by atoms with Crippen molar-refractivity contribution < 1.29 is 4.52 Å². The third-order valence-electron chi connectivity index (χ3n) is 7.44. The summed E-state index contributed by atoms with van der Waals surface area (Å²) in [5.74, 6) is 0.583. The molecule has 2 aromatic heterocycles. The summed E-state index contributed by atoms with van der Waals surface area (Å²) in [7, 11) is 0. The van der Waals surface area contributed by atoms with Crippen molar-refractivity contribution in [3.63, 3.8) is 0 Å². The summed E-state index contributed by atoms with van der Waals surface area (Å²) in [6.07, 6.45) is 9.34. The molecule has 1 aliphatic carbocycles. The van der Waals surface area contributed by atoms with E-state index in [1.165, 1.54) is 5.56 Å². The van der Waals surface area contributed by atoms with E-state index in [1.54, 1.807) is 4.57 Å². The molecule has 214 valence electrons. The van der Waals surface area contributed by atoms with Crippen LogP contribution >= 0.6 is 0 Å². The highest BCUT2D eigenvalue weighted by Gasteiger charge is 2.19. The monoisotopic (exact) mass is 552 g/mol. The molecule has 0 spiro atoms. The van der Waals surface area contributed by atoms with Gasteiger partial charge in [-0.1, -0.05) is 74.8 Å². The summed E-state index contributed by atoms with van der Waals surface area (Å²) < 4.78 is 6.48. The Morgan fingerprint density at radius 3 is 2.27 bits per heavy atom. The number of nitrogens with zero attached hydrogens (tertiary/aromatic N) is 3. The first kappa shape index (κ1) is 29.7. The Bertz CT molecular complexity index is 1680. The molecule has 0 radical (unpaired) electrons. The molecule has 4 aromatic rings. The van der Waals surface area contributed by atoms with Crippen LogP contribution in [0.1, 0.15) is 91.6 Å². The molecule has 1 aliphatic rings. The largest absolute Gasteiger partial charge is 0.439 e. The molecule has 7 heteroatoms. The van der Waals surface area contributed by atoms with Crippen LogP contribution in [-0.2, 0) is 12.8 Å². The topological polar surface area (TPSA) is 93.8 Å². The lowest BCUT2D eigenvalue weighted by molar-refractivity contribution is 0.385. The molecule has 0 saturated carbocycles. The lowest BCUT2D eigenvalue weighted by Crippen LogP contribution is -2.28.